The predicted molar refractivity (Wildman–Crippen MR) is 72.2 cm³/mol. The summed E-state index contributed by atoms with van der Waals surface area (Å²) in [7, 11) is -3.36. The van der Waals surface area contributed by atoms with Crippen molar-refractivity contribution in [2.75, 3.05) is 18.8 Å². The largest absolute Gasteiger partial charge is 0.399 e. The van der Waals surface area contributed by atoms with Crippen molar-refractivity contribution in [2.24, 2.45) is 0 Å². The maximum atomic E-state index is 12.0. The average molecular weight is 269 g/mol. The Labute approximate surface area is 108 Å². The molecule has 0 unspecified atom stereocenters. The molecular weight excluding hydrogens is 250 g/mol. The summed E-state index contributed by atoms with van der Waals surface area (Å²) in [6.45, 7) is 3.34. The summed E-state index contributed by atoms with van der Waals surface area (Å²) in [5.74, 6) is 0. The molecule has 0 aliphatic carbocycles. The predicted octanol–water partition coefficient (Wildman–Crippen LogP) is 0.871. The molecule has 0 atom stereocenters. The smallest absolute Gasteiger partial charge is 0.279 e. The summed E-state index contributed by atoms with van der Waals surface area (Å²) in [5, 5.41) is 0. The third-order valence-electron chi connectivity index (χ3n) is 3.08. The van der Waals surface area contributed by atoms with E-state index < -0.39 is 10.2 Å². The van der Waals surface area contributed by atoms with Crippen LogP contribution in [0.5, 0.6) is 0 Å². The molecule has 3 N–H and O–H groups in total. The number of fused-ring (bicyclic) bond motifs is 1. The van der Waals surface area contributed by atoms with Gasteiger partial charge in [-0.1, -0.05) is 13.0 Å². The van der Waals surface area contributed by atoms with Gasteiger partial charge in [-0.15, -0.1) is 0 Å². The first-order valence-electron chi connectivity index (χ1n) is 6.15. The molecule has 18 heavy (non-hydrogen) atoms. The molecule has 0 amide bonds. The maximum Gasteiger partial charge on any atom is 0.279 e. The zero-order chi connectivity index (χ0) is 13.2. The van der Waals surface area contributed by atoms with E-state index in [2.05, 4.69) is 4.72 Å². The normalized spacial score (nSPS) is 16.5. The van der Waals surface area contributed by atoms with Gasteiger partial charge < -0.3 is 5.73 Å². The molecule has 1 aliphatic rings. The Hall–Kier alpha value is -1.11. The lowest BCUT2D eigenvalue weighted by Crippen LogP contribution is -2.43. The Balaban J connectivity index is 2.16. The third kappa shape index (κ3) is 2.82. The zero-order valence-corrected chi connectivity index (χ0v) is 11.3. The van der Waals surface area contributed by atoms with E-state index in [1.54, 1.807) is 0 Å². The van der Waals surface area contributed by atoms with E-state index in [9.17, 15) is 8.42 Å². The van der Waals surface area contributed by atoms with Gasteiger partial charge in [-0.05, 0) is 36.1 Å². The fourth-order valence-electron chi connectivity index (χ4n) is 2.08. The van der Waals surface area contributed by atoms with Gasteiger partial charge >= 0.3 is 0 Å². The van der Waals surface area contributed by atoms with Gasteiger partial charge in [0.25, 0.3) is 10.2 Å². The molecule has 0 saturated carbocycles. The Bertz CT molecular complexity index is 528. The zero-order valence-electron chi connectivity index (χ0n) is 10.5. The van der Waals surface area contributed by atoms with Crippen molar-refractivity contribution in [1.82, 2.24) is 9.03 Å². The fraction of sp³-hybridized carbons (Fsp3) is 0.500. The lowest BCUT2D eigenvalue weighted by Gasteiger charge is -2.28. The highest BCUT2D eigenvalue weighted by atomic mass is 32.2. The second-order valence-corrected chi connectivity index (χ2v) is 6.27. The van der Waals surface area contributed by atoms with E-state index in [0.717, 1.165) is 18.4 Å². The highest BCUT2D eigenvalue weighted by Gasteiger charge is 2.25. The van der Waals surface area contributed by atoms with Crippen LogP contribution in [-0.2, 0) is 23.2 Å². The van der Waals surface area contributed by atoms with Crippen LogP contribution < -0.4 is 10.5 Å². The SMILES string of the molecule is CCCNS(=O)(=O)N1CCc2ccc(N)cc2C1. The number of nitrogen functional groups attached to an aromatic ring is 1. The molecule has 1 aromatic carbocycles. The molecule has 6 heteroatoms. The molecule has 5 nitrogen and oxygen atoms in total. The van der Waals surface area contributed by atoms with Crippen LogP contribution >= 0.6 is 0 Å². The lowest BCUT2D eigenvalue weighted by atomic mass is 10.0. The molecule has 0 saturated heterocycles. The van der Waals surface area contributed by atoms with Gasteiger partial charge in [0.2, 0.25) is 0 Å². The highest BCUT2D eigenvalue weighted by Crippen LogP contribution is 2.22. The first-order valence-corrected chi connectivity index (χ1v) is 7.59. The molecule has 0 aromatic heterocycles. The summed E-state index contributed by atoms with van der Waals surface area (Å²) in [5.41, 5.74) is 8.60. The van der Waals surface area contributed by atoms with Crippen LogP contribution in [0.25, 0.3) is 0 Å². The number of anilines is 1. The fourth-order valence-corrected chi connectivity index (χ4v) is 3.36. The van der Waals surface area contributed by atoms with Crippen LogP contribution in [0.15, 0.2) is 18.2 Å². The summed E-state index contributed by atoms with van der Waals surface area (Å²) < 4.78 is 28.1. The van der Waals surface area contributed by atoms with Gasteiger partial charge in [-0.2, -0.15) is 12.7 Å². The topological polar surface area (TPSA) is 75.4 Å². The Morgan fingerprint density at radius 3 is 2.89 bits per heavy atom. The number of hydrogen-bond acceptors (Lipinski definition) is 3. The third-order valence-corrected chi connectivity index (χ3v) is 4.64. The molecule has 0 bridgehead atoms. The van der Waals surface area contributed by atoms with E-state index in [4.69, 9.17) is 5.73 Å². The molecule has 2 rings (SSSR count). The molecule has 1 aromatic rings. The van der Waals surface area contributed by atoms with Gasteiger partial charge in [0.15, 0.2) is 0 Å². The van der Waals surface area contributed by atoms with Crippen molar-refractivity contribution >= 4 is 15.9 Å². The van der Waals surface area contributed by atoms with Crippen molar-refractivity contribution in [1.29, 1.82) is 0 Å². The summed E-state index contributed by atoms with van der Waals surface area (Å²) >= 11 is 0. The molecule has 1 heterocycles. The molecule has 0 radical (unpaired) electrons. The minimum Gasteiger partial charge on any atom is -0.399 e. The number of nitrogens with zero attached hydrogens (tertiary/aromatic N) is 1. The van der Waals surface area contributed by atoms with Crippen LogP contribution in [0.3, 0.4) is 0 Å². The average Bonchev–Trinajstić information content (AvgIpc) is 2.35. The van der Waals surface area contributed by atoms with Gasteiger partial charge in [0.05, 0.1) is 0 Å². The van der Waals surface area contributed by atoms with Gasteiger partial charge in [0.1, 0.15) is 0 Å². The maximum absolute atomic E-state index is 12.0. The molecular formula is C12H19N3O2S. The molecule has 100 valence electrons. The van der Waals surface area contributed by atoms with Gasteiger partial charge in [-0.25, -0.2) is 4.72 Å². The van der Waals surface area contributed by atoms with E-state index >= 15 is 0 Å². The van der Waals surface area contributed by atoms with Crippen molar-refractivity contribution in [3.63, 3.8) is 0 Å². The van der Waals surface area contributed by atoms with E-state index in [1.807, 2.05) is 25.1 Å². The molecule has 0 fully saturated rings. The number of benzene rings is 1. The van der Waals surface area contributed by atoms with Gasteiger partial charge in [-0.3, -0.25) is 0 Å². The molecule has 1 aliphatic heterocycles. The lowest BCUT2D eigenvalue weighted by molar-refractivity contribution is 0.384. The Morgan fingerprint density at radius 2 is 2.17 bits per heavy atom. The van der Waals surface area contributed by atoms with Crippen molar-refractivity contribution in [3.05, 3.63) is 29.3 Å². The van der Waals surface area contributed by atoms with Crippen molar-refractivity contribution < 1.29 is 8.42 Å². The van der Waals surface area contributed by atoms with Crippen LogP contribution in [-0.4, -0.2) is 25.8 Å². The Kier molecular flexibility index (Phi) is 3.89. The van der Waals surface area contributed by atoms with Gasteiger partial charge in [0, 0.05) is 25.3 Å². The minimum absolute atomic E-state index is 0.402. The van der Waals surface area contributed by atoms with Crippen molar-refractivity contribution in [2.45, 2.75) is 26.3 Å². The minimum atomic E-state index is -3.36. The Morgan fingerprint density at radius 1 is 1.39 bits per heavy atom. The van der Waals surface area contributed by atoms with E-state index in [0.29, 0.717) is 25.3 Å². The highest BCUT2D eigenvalue weighted by molar-refractivity contribution is 7.87. The van der Waals surface area contributed by atoms with E-state index in [1.165, 1.54) is 9.87 Å². The standard InChI is InChI=1S/C12H19N3O2S/c1-2-6-14-18(16,17)15-7-5-10-3-4-12(13)8-11(10)9-15/h3-4,8,14H,2,5-7,9,13H2,1H3. The van der Waals surface area contributed by atoms with E-state index in [-0.39, 0.29) is 0 Å². The van der Waals surface area contributed by atoms with Crippen LogP contribution in [0.2, 0.25) is 0 Å². The second kappa shape index (κ2) is 5.26. The number of hydrogen-bond donors (Lipinski definition) is 2. The summed E-state index contributed by atoms with van der Waals surface area (Å²) in [6.07, 6.45) is 1.53. The number of nitrogens with one attached hydrogen (secondary N) is 1. The number of rotatable bonds is 4. The summed E-state index contributed by atoms with van der Waals surface area (Å²) in [4.78, 5) is 0. The first-order chi connectivity index (χ1) is 8.53. The number of nitrogens with two attached hydrogens (primary N) is 1. The monoisotopic (exact) mass is 269 g/mol. The van der Waals surface area contributed by atoms with Crippen LogP contribution in [0.4, 0.5) is 5.69 Å². The quantitative estimate of drug-likeness (QED) is 0.796. The van der Waals surface area contributed by atoms with Crippen LogP contribution in [0.1, 0.15) is 24.5 Å². The van der Waals surface area contributed by atoms with Crippen molar-refractivity contribution in [3.8, 4) is 0 Å². The summed E-state index contributed by atoms with van der Waals surface area (Å²) in [6, 6.07) is 5.70. The molecule has 0 spiro atoms. The first kappa shape index (κ1) is 13.3. The second-order valence-electron chi connectivity index (χ2n) is 4.51. The van der Waals surface area contributed by atoms with Crippen LogP contribution in [0, 0.1) is 0 Å².